The van der Waals surface area contributed by atoms with Crippen molar-refractivity contribution < 1.29 is 0 Å². The zero-order valence-electron chi connectivity index (χ0n) is 22.6. The molecule has 4 nitrogen and oxygen atoms in total. The minimum atomic E-state index is 0.726. The summed E-state index contributed by atoms with van der Waals surface area (Å²) in [4.78, 5) is 19.1. The molecule has 3 heterocycles. The lowest BCUT2D eigenvalue weighted by Gasteiger charge is -2.13. The predicted molar refractivity (Wildman–Crippen MR) is 172 cm³/mol. The summed E-state index contributed by atoms with van der Waals surface area (Å²) >= 11 is 0. The molecule has 0 N–H and O–H groups in total. The Morgan fingerprint density at radius 3 is 1.62 bits per heavy atom. The first kappa shape index (κ1) is 24.1. The molecule has 4 heteroatoms. The summed E-state index contributed by atoms with van der Waals surface area (Å²) in [6.45, 7) is 0. The van der Waals surface area contributed by atoms with Crippen molar-refractivity contribution in [1.82, 2.24) is 19.9 Å². The molecule has 0 aliphatic heterocycles. The van der Waals surface area contributed by atoms with Gasteiger partial charge in [-0.05, 0) is 40.1 Å². The van der Waals surface area contributed by atoms with Gasteiger partial charge in [0.1, 0.15) is 0 Å². The Morgan fingerprint density at radius 1 is 0.357 bits per heavy atom. The fraction of sp³-hybridized carbons (Fsp3) is 0. The summed E-state index contributed by atoms with van der Waals surface area (Å²) in [6, 6.07) is 46.3. The maximum Gasteiger partial charge on any atom is 0.159 e. The van der Waals surface area contributed by atoms with E-state index in [0.29, 0.717) is 0 Å². The maximum atomic E-state index is 5.23. The first-order chi connectivity index (χ1) is 20.8. The molecule has 0 radical (unpaired) electrons. The van der Waals surface area contributed by atoms with Crippen LogP contribution < -0.4 is 0 Å². The van der Waals surface area contributed by atoms with Crippen molar-refractivity contribution in [3.05, 3.63) is 146 Å². The highest BCUT2D eigenvalue weighted by atomic mass is 14.8. The van der Waals surface area contributed by atoms with Crippen LogP contribution in [0.15, 0.2) is 146 Å². The van der Waals surface area contributed by atoms with E-state index in [4.69, 9.17) is 9.97 Å². The fourth-order valence-corrected chi connectivity index (χ4v) is 5.71. The van der Waals surface area contributed by atoms with Crippen molar-refractivity contribution in [1.29, 1.82) is 0 Å². The van der Waals surface area contributed by atoms with E-state index >= 15 is 0 Å². The standard InChI is InChI=1S/C38H24N4/c1-2-7-26(8-3-1)34-21-17-27-13-14-28-18-22-35(42-37(28)36(27)41-34)33-20-19-30(31-9-4-5-10-32(31)33)25-11-15-29(16-12-25)38-39-23-6-24-40-38/h1-24H. The van der Waals surface area contributed by atoms with Gasteiger partial charge in [0.25, 0.3) is 0 Å². The van der Waals surface area contributed by atoms with Crippen molar-refractivity contribution >= 4 is 32.6 Å². The summed E-state index contributed by atoms with van der Waals surface area (Å²) in [5.41, 5.74) is 9.22. The topological polar surface area (TPSA) is 51.6 Å². The molecule has 0 bridgehead atoms. The Morgan fingerprint density at radius 2 is 0.905 bits per heavy atom. The first-order valence-corrected chi connectivity index (χ1v) is 14.0. The van der Waals surface area contributed by atoms with Gasteiger partial charge in [-0.15, -0.1) is 0 Å². The second kappa shape index (κ2) is 10.0. The summed E-state index contributed by atoms with van der Waals surface area (Å²) in [5, 5.41) is 4.50. The predicted octanol–water partition coefficient (Wildman–Crippen LogP) is 9.39. The lowest BCUT2D eigenvalue weighted by Crippen LogP contribution is -1.92. The number of aromatic nitrogens is 4. The summed E-state index contributed by atoms with van der Waals surface area (Å²) in [6.07, 6.45) is 3.54. The number of benzene rings is 5. The monoisotopic (exact) mass is 536 g/mol. The van der Waals surface area contributed by atoms with Gasteiger partial charge in [0.2, 0.25) is 0 Å². The lowest BCUT2D eigenvalue weighted by molar-refractivity contribution is 1.18. The molecule has 42 heavy (non-hydrogen) atoms. The van der Waals surface area contributed by atoms with Gasteiger partial charge < -0.3 is 0 Å². The van der Waals surface area contributed by atoms with Crippen LogP contribution in [-0.2, 0) is 0 Å². The summed E-state index contributed by atoms with van der Waals surface area (Å²) < 4.78 is 0. The largest absolute Gasteiger partial charge is 0.245 e. The average molecular weight is 537 g/mol. The van der Waals surface area contributed by atoms with E-state index < -0.39 is 0 Å². The van der Waals surface area contributed by atoms with E-state index in [1.165, 1.54) is 10.9 Å². The highest BCUT2D eigenvalue weighted by Crippen LogP contribution is 2.37. The molecular weight excluding hydrogens is 512 g/mol. The van der Waals surface area contributed by atoms with Gasteiger partial charge in [0, 0.05) is 39.9 Å². The number of hydrogen-bond donors (Lipinski definition) is 0. The Bertz CT molecular complexity index is 2230. The number of fused-ring (bicyclic) bond motifs is 4. The third kappa shape index (κ3) is 4.18. The molecule has 5 aromatic carbocycles. The quantitative estimate of drug-likeness (QED) is 0.210. The zero-order valence-corrected chi connectivity index (χ0v) is 22.6. The van der Waals surface area contributed by atoms with Crippen molar-refractivity contribution in [2.45, 2.75) is 0 Å². The number of hydrogen-bond acceptors (Lipinski definition) is 4. The molecule has 196 valence electrons. The van der Waals surface area contributed by atoms with E-state index in [-0.39, 0.29) is 0 Å². The minimum absolute atomic E-state index is 0.726. The maximum absolute atomic E-state index is 5.23. The molecule has 0 aliphatic carbocycles. The van der Waals surface area contributed by atoms with Crippen LogP contribution in [0.4, 0.5) is 0 Å². The molecular formula is C38H24N4. The van der Waals surface area contributed by atoms with Gasteiger partial charge in [0.05, 0.1) is 22.4 Å². The van der Waals surface area contributed by atoms with Crippen molar-refractivity contribution in [3.63, 3.8) is 0 Å². The van der Waals surface area contributed by atoms with Crippen LogP contribution in [0.5, 0.6) is 0 Å². The summed E-state index contributed by atoms with van der Waals surface area (Å²) in [5.74, 6) is 0.726. The van der Waals surface area contributed by atoms with Crippen LogP contribution in [0.3, 0.4) is 0 Å². The second-order valence-electron chi connectivity index (χ2n) is 10.3. The first-order valence-electron chi connectivity index (χ1n) is 14.0. The Kier molecular flexibility index (Phi) is 5.75. The Labute approximate surface area is 243 Å². The molecule has 0 saturated carbocycles. The molecule has 0 spiro atoms. The second-order valence-corrected chi connectivity index (χ2v) is 10.3. The Balaban J connectivity index is 1.25. The van der Waals surface area contributed by atoms with Gasteiger partial charge >= 0.3 is 0 Å². The minimum Gasteiger partial charge on any atom is -0.245 e. The van der Waals surface area contributed by atoms with Crippen LogP contribution in [0.1, 0.15) is 0 Å². The van der Waals surface area contributed by atoms with E-state index in [0.717, 1.165) is 66.7 Å². The van der Waals surface area contributed by atoms with Crippen LogP contribution in [-0.4, -0.2) is 19.9 Å². The Hall–Kier alpha value is -5.74. The normalized spacial score (nSPS) is 11.3. The molecule has 0 saturated heterocycles. The molecule has 0 aliphatic rings. The zero-order chi connectivity index (χ0) is 27.9. The van der Waals surface area contributed by atoms with Gasteiger partial charge in [0.15, 0.2) is 5.82 Å². The summed E-state index contributed by atoms with van der Waals surface area (Å²) in [7, 11) is 0. The molecule has 0 atom stereocenters. The molecule has 0 fully saturated rings. The lowest BCUT2D eigenvalue weighted by atomic mass is 9.93. The molecule has 8 aromatic rings. The van der Waals surface area contributed by atoms with Gasteiger partial charge in [-0.25, -0.2) is 19.9 Å². The number of rotatable bonds is 4. The van der Waals surface area contributed by atoms with Crippen molar-refractivity contribution in [2.75, 3.05) is 0 Å². The van der Waals surface area contributed by atoms with E-state index in [2.05, 4.69) is 119 Å². The third-order valence-electron chi connectivity index (χ3n) is 7.81. The molecule has 8 rings (SSSR count). The smallest absolute Gasteiger partial charge is 0.159 e. The van der Waals surface area contributed by atoms with Gasteiger partial charge in [-0.3, -0.25) is 0 Å². The van der Waals surface area contributed by atoms with E-state index in [9.17, 15) is 0 Å². The van der Waals surface area contributed by atoms with Crippen molar-refractivity contribution in [3.8, 4) is 45.0 Å². The van der Waals surface area contributed by atoms with Gasteiger partial charge in [-0.1, -0.05) is 115 Å². The van der Waals surface area contributed by atoms with Crippen LogP contribution in [0, 0.1) is 0 Å². The van der Waals surface area contributed by atoms with Gasteiger partial charge in [-0.2, -0.15) is 0 Å². The highest BCUT2D eigenvalue weighted by molar-refractivity contribution is 6.07. The highest BCUT2D eigenvalue weighted by Gasteiger charge is 2.13. The van der Waals surface area contributed by atoms with Crippen LogP contribution in [0.2, 0.25) is 0 Å². The molecule has 3 aromatic heterocycles. The fourth-order valence-electron chi connectivity index (χ4n) is 5.71. The number of pyridine rings is 2. The SMILES string of the molecule is c1ccc(-c2ccc3ccc4ccc(-c5ccc(-c6ccc(-c7ncccn7)cc6)c6ccccc56)nc4c3n2)cc1. The van der Waals surface area contributed by atoms with Crippen LogP contribution >= 0.6 is 0 Å². The van der Waals surface area contributed by atoms with E-state index in [1.807, 2.05) is 24.3 Å². The van der Waals surface area contributed by atoms with E-state index in [1.54, 1.807) is 12.4 Å². The average Bonchev–Trinajstić information content (AvgIpc) is 3.08. The van der Waals surface area contributed by atoms with Crippen LogP contribution in [0.25, 0.3) is 77.6 Å². The molecule has 0 amide bonds. The molecule has 0 unspecified atom stereocenters. The van der Waals surface area contributed by atoms with Crippen molar-refractivity contribution in [2.24, 2.45) is 0 Å². The third-order valence-corrected chi connectivity index (χ3v) is 7.81. The number of nitrogens with zero attached hydrogens (tertiary/aromatic N) is 4.